The first-order valence-corrected chi connectivity index (χ1v) is 7.53. The fourth-order valence-corrected chi connectivity index (χ4v) is 3.95. The van der Waals surface area contributed by atoms with Crippen molar-refractivity contribution in [2.24, 2.45) is 17.3 Å². The van der Waals surface area contributed by atoms with E-state index in [0.29, 0.717) is 5.92 Å². The normalized spacial score (nSPS) is 34.3. The number of carbonyl (C=O) groups is 1. The maximum atomic E-state index is 11.7. The van der Waals surface area contributed by atoms with Gasteiger partial charge < -0.3 is 0 Å². The third kappa shape index (κ3) is 2.20. The molecule has 0 saturated carbocycles. The zero-order chi connectivity index (χ0) is 13.2. The Kier molecular flexibility index (Phi) is 4.09. The molecule has 0 unspecified atom stereocenters. The van der Waals surface area contributed by atoms with Gasteiger partial charge in [-0.2, -0.15) is 0 Å². The van der Waals surface area contributed by atoms with E-state index in [1.165, 1.54) is 32.1 Å². The average Bonchev–Trinajstić information content (AvgIpc) is 2.76. The van der Waals surface area contributed by atoms with Crippen LogP contribution in [-0.2, 0) is 4.79 Å². The number of carbonyl (C=O) groups excluding carboxylic acids is 1. The first kappa shape index (κ1) is 13.6. The second-order valence-corrected chi connectivity index (χ2v) is 6.01. The lowest BCUT2D eigenvalue weighted by molar-refractivity contribution is -0.113. The van der Waals surface area contributed by atoms with Gasteiger partial charge in [0.25, 0.3) is 0 Å². The Labute approximate surface area is 111 Å². The molecular weight excluding hydrogens is 220 g/mol. The van der Waals surface area contributed by atoms with Crippen molar-refractivity contribution in [3.05, 3.63) is 23.8 Å². The second kappa shape index (κ2) is 5.42. The summed E-state index contributed by atoms with van der Waals surface area (Å²) < 4.78 is 0. The first-order chi connectivity index (χ1) is 8.64. The van der Waals surface area contributed by atoms with E-state index < -0.39 is 0 Å². The Balaban J connectivity index is 2.28. The molecule has 0 aliphatic heterocycles. The molecule has 0 aromatic carbocycles. The van der Waals surface area contributed by atoms with E-state index in [-0.39, 0.29) is 11.2 Å². The highest BCUT2D eigenvalue weighted by Gasteiger charge is 2.46. The monoisotopic (exact) mass is 246 g/mol. The summed E-state index contributed by atoms with van der Waals surface area (Å²) in [5.74, 6) is 1.60. The molecule has 18 heavy (non-hydrogen) atoms. The van der Waals surface area contributed by atoms with Gasteiger partial charge >= 0.3 is 0 Å². The molecule has 2 rings (SSSR count). The molecule has 2 aliphatic carbocycles. The van der Waals surface area contributed by atoms with Gasteiger partial charge in [0.2, 0.25) is 0 Å². The van der Waals surface area contributed by atoms with Crippen LogP contribution in [0.2, 0.25) is 0 Å². The van der Waals surface area contributed by atoms with Crippen LogP contribution in [0.25, 0.3) is 0 Å². The van der Waals surface area contributed by atoms with E-state index in [0.717, 1.165) is 17.9 Å². The van der Waals surface area contributed by atoms with Gasteiger partial charge in [0.1, 0.15) is 0 Å². The van der Waals surface area contributed by atoms with Crippen LogP contribution in [0.5, 0.6) is 0 Å². The lowest BCUT2D eigenvalue weighted by atomic mass is 9.62. The summed E-state index contributed by atoms with van der Waals surface area (Å²) in [6.45, 7) is 6.28. The molecule has 0 spiro atoms. The molecular formula is C17H26O. The molecule has 2 aliphatic rings. The number of hydrogen-bond donors (Lipinski definition) is 0. The van der Waals surface area contributed by atoms with Crippen molar-refractivity contribution in [2.75, 3.05) is 0 Å². The molecule has 0 heterocycles. The average molecular weight is 246 g/mol. The highest BCUT2D eigenvalue weighted by molar-refractivity contribution is 5.94. The third-order valence-corrected chi connectivity index (χ3v) is 5.09. The van der Waals surface area contributed by atoms with Gasteiger partial charge in [-0.05, 0) is 55.4 Å². The van der Waals surface area contributed by atoms with E-state index in [9.17, 15) is 4.79 Å². The van der Waals surface area contributed by atoms with Crippen molar-refractivity contribution >= 4 is 5.78 Å². The summed E-state index contributed by atoms with van der Waals surface area (Å²) in [6, 6.07) is 0. The second-order valence-electron chi connectivity index (χ2n) is 6.01. The summed E-state index contributed by atoms with van der Waals surface area (Å²) in [6.07, 6.45) is 14.3. The molecule has 0 amide bonds. The van der Waals surface area contributed by atoms with Crippen molar-refractivity contribution in [1.29, 1.82) is 0 Å². The van der Waals surface area contributed by atoms with Gasteiger partial charge in [0, 0.05) is 0 Å². The molecule has 0 aromatic rings. The van der Waals surface area contributed by atoms with Gasteiger partial charge in [-0.3, -0.25) is 4.79 Å². The van der Waals surface area contributed by atoms with Crippen LogP contribution in [0, 0.1) is 17.3 Å². The van der Waals surface area contributed by atoms with E-state index in [2.05, 4.69) is 32.1 Å². The SMILES string of the molecule is CCCC[C@@H]1CC=C[C@H]2CC(C(C)=O)=C[C@@]12CC. The van der Waals surface area contributed by atoms with Crippen LogP contribution in [0.1, 0.15) is 59.3 Å². The van der Waals surface area contributed by atoms with Gasteiger partial charge in [0.05, 0.1) is 0 Å². The molecule has 3 atom stereocenters. The van der Waals surface area contributed by atoms with Gasteiger partial charge in [-0.25, -0.2) is 0 Å². The maximum absolute atomic E-state index is 11.7. The van der Waals surface area contributed by atoms with Crippen LogP contribution >= 0.6 is 0 Å². The number of ketones is 1. The summed E-state index contributed by atoms with van der Waals surface area (Å²) >= 11 is 0. The van der Waals surface area contributed by atoms with Crippen LogP contribution in [0.4, 0.5) is 0 Å². The minimum absolute atomic E-state index is 0.278. The summed E-state index contributed by atoms with van der Waals surface area (Å²) in [5, 5.41) is 0. The topological polar surface area (TPSA) is 17.1 Å². The minimum atomic E-state index is 0.278. The predicted octanol–water partition coefficient (Wildman–Crippen LogP) is 4.68. The number of hydrogen-bond acceptors (Lipinski definition) is 1. The lowest BCUT2D eigenvalue weighted by Crippen LogP contribution is -2.34. The Morgan fingerprint density at radius 2 is 2.22 bits per heavy atom. The number of rotatable bonds is 5. The lowest BCUT2D eigenvalue weighted by Gasteiger charge is -2.42. The van der Waals surface area contributed by atoms with Crippen molar-refractivity contribution in [3.8, 4) is 0 Å². The summed E-state index contributed by atoms with van der Waals surface area (Å²) in [5.41, 5.74) is 1.36. The first-order valence-electron chi connectivity index (χ1n) is 7.53. The number of Topliss-reactive ketones (excluding diaryl/α,β-unsaturated/α-hetero) is 1. The van der Waals surface area contributed by atoms with Crippen molar-refractivity contribution in [1.82, 2.24) is 0 Å². The van der Waals surface area contributed by atoms with Crippen LogP contribution in [0.3, 0.4) is 0 Å². The van der Waals surface area contributed by atoms with Crippen molar-refractivity contribution in [2.45, 2.75) is 59.3 Å². The molecule has 100 valence electrons. The molecule has 0 N–H and O–H groups in total. The fraction of sp³-hybridized carbons (Fsp3) is 0.706. The minimum Gasteiger partial charge on any atom is -0.295 e. The molecule has 0 aromatic heterocycles. The standard InChI is InChI=1S/C17H26O/c1-4-6-8-15-9-7-10-16-11-14(13(3)18)12-17(15,16)5-2/h7,10,12,15-16H,4-6,8-9,11H2,1-3H3/t15-,16+,17+/m1/s1. The van der Waals surface area contributed by atoms with Gasteiger partial charge in [-0.15, -0.1) is 0 Å². The van der Waals surface area contributed by atoms with Gasteiger partial charge in [0.15, 0.2) is 5.78 Å². The largest absolute Gasteiger partial charge is 0.295 e. The van der Waals surface area contributed by atoms with Crippen LogP contribution in [-0.4, -0.2) is 5.78 Å². The molecule has 1 nitrogen and oxygen atoms in total. The van der Waals surface area contributed by atoms with E-state index in [4.69, 9.17) is 0 Å². The molecule has 1 heteroatoms. The Morgan fingerprint density at radius 3 is 2.83 bits per heavy atom. The zero-order valence-corrected chi connectivity index (χ0v) is 12.0. The smallest absolute Gasteiger partial charge is 0.155 e. The van der Waals surface area contributed by atoms with Crippen LogP contribution in [0.15, 0.2) is 23.8 Å². The summed E-state index contributed by atoms with van der Waals surface area (Å²) in [4.78, 5) is 11.7. The van der Waals surface area contributed by atoms with Gasteiger partial charge in [-0.1, -0.05) is 44.9 Å². The highest BCUT2D eigenvalue weighted by Crippen LogP contribution is 2.54. The Hall–Kier alpha value is -0.850. The quantitative estimate of drug-likeness (QED) is 0.643. The number of allylic oxidation sites excluding steroid dienone is 4. The summed E-state index contributed by atoms with van der Waals surface area (Å²) in [7, 11) is 0. The Morgan fingerprint density at radius 1 is 1.44 bits per heavy atom. The molecule has 0 radical (unpaired) electrons. The number of unbranched alkanes of at least 4 members (excludes halogenated alkanes) is 1. The van der Waals surface area contributed by atoms with E-state index in [1.807, 2.05) is 0 Å². The Bertz CT molecular complexity index is 377. The molecule has 0 fully saturated rings. The molecule has 0 saturated heterocycles. The highest BCUT2D eigenvalue weighted by atomic mass is 16.1. The predicted molar refractivity (Wildman–Crippen MR) is 76.4 cm³/mol. The van der Waals surface area contributed by atoms with E-state index in [1.54, 1.807) is 6.92 Å². The van der Waals surface area contributed by atoms with Crippen LogP contribution < -0.4 is 0 Å². The molecule has 0 bridgehead atoms. The van der Waals surface area contributed by atoms with E-state index >= 15 is 0 Å². The third-order valence-electron chi connectivity index (χ3n) is 5.09. The maximum Gasteiger partial charge on any atom is 0.155 e. The van der Waals surface area contributed by atoms with Crippen molar-refractivity contribution in [3.63, 3.8) is 0 Å². The fourth-order valence-electron chi connectivity index (χ4n) is 3.95. The zero-order valence-electron chi connectivity index (χ0n) is 12.0. The van der Waals surface area contributed by atoms with Crippen molar-refractivity contribution < 1.29 is 4.79 Å². The number of fused-ring (bicyclic) bond motifs is 1.